The van der Waals surface area contributed by atoms with Gasteiger partial charge in [-0.2, -0.15) is 0 Å². The molecule has 0 saturated heterocycles. The van der Waals surface area contributed by atoms with E-state index in [4.69, 9.17) is 9.47 Å². The van der Waals surface area contributed by atoms with Crippen LogP contribution in [0.15, 0.2) is 60.2 Å². The minimum absolute atomic E-state index is 0.00670. The summed E-state index contributed by atoms with van der Waals surface area (Å²) in [7, 11) is 0. The van der Waals surface area contributed by atoms with Gasteiger partial charge in [-0.05, 0) is 42.2 Å². The third-order valence-corrected chi connectivity index (χ3v) is 4.46. The zero-order valence-electron chi connectivity index (χ0n) is 15.5. The average Bonchev–Trinajstić information content (AvgIpc) is 2.98. The van der Waals surface area contributed by atoms with E-state index in [0.717, 1.165) is 16.7 Å². The van der Waals surface area contributed by atoms with Crippen LogP contribution in [0.5, 0.6) is 0 Å². The Balaban J connectivity index is 1.54. The maximum atomic E-state index is 12.0. The highest BCUT2D eigenvalue weighted by molar-refractivity contribution is 5.80. The quantitative estimate of drug-likeness (QED) is 0.620. The number of benzene rings is 2. The zero-order chi connectivity index (χ0) is 19.2. The molecule has 2 aromatic carbocycles. The van der Waals surface area contributed by atoms with Crippen LogP contribution in [-0.4, -0.2) is 31.8 Å². The minimum atomic E-state index is -0.629. The molecule has 0 fully saturated rings. The fourth-order valence-corrected chi connectivity index (χ4v) is 3.15. The maximum Gasteiger partial charge on any atom is 0.407 e. The molecule has 5 heteroatoms. The monoisotopic (exact) mass is 365 g/mol. The Kier molecular flexibility index (Phi) is 5.91. The summed E-state index contributed by atoms with van der Waals surface area (Å²) < 4.78 is 10.4. The van der Waals surface area contributed by atoms with Gasteiger partial charge in [0.05, 0.1) is 0 Å². The topological polar surface area (TPSA) is 64.6 Å². The van der Waals surface area contributed by atoms with Gasteiger partial charge >= 0.3 is 12.1 Å². The van der Waals surface area contributed by atoms with Crippen LogP contribution in [0.4, 0.5) is 4.79 Å². The number of carbonyl (C=O) groups is 2. The number of carbonyl (C=O) groups excluding carboxylic acids is 2. The van der Waals surface area contributed by atoms with Crippen molar-refractivity contribution in [2.75, 3.05) is 19.8 Å². The van der Waals surface area contributed by atoms with E-state index >= 15 is 0 Å². The van der Waals surface area contributed by atoms with Gasteiger partial charge in [0.15, 0.2) is 0 Å². The molecule has 3 rings (SSSR count). The summed E-state index contributed by atoms with van der Waals surface area (Å²) in [6, 6.07) is 16.3. The van der Waals surface area contributed by atoms with Gasteiger partial charge in [0.25, 0.3) is 0 Å². The molecule has 1 aliphatic rings. The second kappa shape index (κ2) is 8.54. The lowest BCUT2D eigenvalue weighted by Gasteiger charge is -2.14. The van der Waals surface area contributed by atoms with Crippen molar-refractivity contribution in [3.63, 3.8) is 0 Å². The molecule has 0 radical (unpaired) electrons. The summed E-state index contributed by atoms with van der Waals surface area (Å²) >= 11 is 0. The first kappa shape index (κ1) is 18.7. The Morgan fingerprint density at radius 2 is 1.56 bits per heavy atom. The number of hydrogen-bond donors (Lipinski definition) is 1. The van der Waals surface area contributed by atoms with Crippen molar-refractivity contribution in [2.45, 2.75) is 19.8 Å². The van der Waals surface area contributed by atoms with E-state index in [0.29, 0.717) is 0 Å². The van der Waals surface area contributed by atoms with E-state index in [1.165, 1.54) is 11.1 Å². The number of amides is 1. The lowest BCUT2D eigenvalue weighted by Crippen LogP contribution is -2.32. The molecular formula is C22H23NO4. The molecule has 1 N–H and O–H groups in total. The summed E-state index contributed by atoms with van der Waals surface area (Å²) in [6.07, 6.45) is 1.17. The molecule has 0 bridgehead atoms. The number of alkyl carbamates (subject to hydrolysis) is 1. The lowest BCUT2D eigenvalue weighted by atomic mass is 9.98. The van der Waals surface area contributed by atoms with Crippen molar-refractivity contribution in [1.29, 1.82) is 0 Å². The molecule has 27 heavy (non-hydrogen) atoms. The molecule has 0 spiro atoms. The molecule has 140 valence electrons. The number of esters is 1. The van der Waals surface area contributed by atoms with Crippen LogP contribution in [0, 0.1) is 0 Å². The summed E-state index contributed by atoms with van der Waals surface area (Å²) in [5.41, 5.74) is 5.70. The van der Waals surface area contributed by atoms with E-state index in [1.807, 2.05) is 38.1 Å². The highest BCUT2D eigenvalue weighted by atomic mass is 16.6. The average molecular weight is 365 g/mol. The van der Waals surface area contributed by atoms with E-state index in [2.05, 4.69) is 29.6 Å². The molecule has 0 unspecified atom stereocenters. The van der Waals surface area contributed by atoms with Gasteiger partial charge in [-0.3, -0.25) is 4.79 Å². The molecule has 0 aromatic heterocycles. The number of allylic oxidation sites excluding steroid dienone is 1. The Morgan fingerprint density at radius 1 is 0.963 bits per heavy atom. The van der Waals surface area contributed by atoms with Crippen molar-refractivity contribution in [2.24, 2.45) is 0 Å². The fraction of sp³-hybridized carbons (Fsp3) is 0.273. The molecule has 0 atom stereocenters. The summed E-state index contributed by atoms with van der Waals surface area (Å²) in [6.45, 7) is 4.04. The Morgan fingerprint density at radius 3 is 2.15 bits per heavy atom. The third kappa shape index (κ3) is 4.56. The number of fused-ring (bicyclic) bond motifs is 3. The molecule has 2 aromatic rings. The summed E-state index contributed by atoms with van der Waals surface area (Å²) in [5, 5.41) is 2.44. The van der Waals surface area contributed by atoms with Crippen molar-refractivity contribution < 1.29 is 19.1 Å². The molecule has 0 aliphatic heterocycles. The zero-order valence-corrected chi connectivity index (χ0v) is 15.5. The van der Waals surface area contributed by atoms with Crippen LogP contribution >= 0.6 is 0 Å². The Bertz CT molecular complexity index is 823. The highest BCUT2D eigenvalue weighted by Crippen LogP contribution is 2.44. The van der Waals surface area contributed by atoms with Gasteiger partial charge in [0, 0.05) is 5.92 Å². The molecule has 0 saturated carbocycles. The predicted molar refractivity (Wildman–Crippen MR) is 103 cm³/mol. The summed E-state index contributed by atoms with van der Waals surface area (Å²) in [4.78, 5) is 23.6. The van der Waals surface area contributed by atoms with Crippen LogP contribution < -0.4 is 5.32 Å². The van der Waals surface area contributed by atoms with Gasteiger partial charge in [0.1, 0.15) is 19.8 Å². The predicted octanol–water partition coefficient (Wildman–Crippen LogP) is 4.03. The van der Waals surface area contributed by atoms with E-state index < -0.39 is 12.1 Å². The van der Waals surface area contributed by atoms with Gasteiger partial charge < -0.3 is 14.8 Å². The number of hydrogen-bond acceptors (Lipinski definition) is 4. The largest absolute Gasteiger partial charge is 0.460 e. The van der Waals surface area contributed by atoms with E-state index in [9.17, 15) is 9.59 Å². The molecule has 1 amide bonds. The van der Waals surface area contributed by atoms with Crippen LogP contribution in [-0.2, 0) is 14.3 Å². The number of nitrogens with one attached hydrogen (secondary N) is 1. The minimum Gasteiger partial charge on any atom is -0.460 e. The molecular weight excluding hydrogens is 342 g/mol. The highest BCUT2D eigenvalue weighted by Gasteiger charge is 2.28. The summed E-state index contributed by atoms with van der Waals surface area (Å²) in [5.74, 6) is -0.506. The SMILES string of the molecule is CC(C)=CCOC(=O)CNC(=O)OCC1c2ccccc2-c2ccccc21. The molecule has 0 heterocycles. The maximum absolute atomic E-state index is 12.0. The van der Waals surface area contributed by atoms with Crippen LogP contribution in [0.3, 0.4) is 0 Å². The molecule has 5 nitrogen and oxygen atoms in total. The van der Waals surface area contributed by atoms with Crippen molar-refractivity contribution in [3.05, 3.63) is 71.3 Å². The second-order valence-electron chi connectivity index (χ2n) is 6.64. The van der Waals surface area contributed by atoms with E-state index in [-0.39, 0.29) is 25.7 Å². The standard InChI is InChI=1S/C22H23NO4/c1-15(2)11-12-26-21(24)13-23-22(25)27-14-20-18-9-5-3-7-16(18)17-8-4-6-10-19(17)20/h3-11,20H,12-14H2,1-2H3,(H,23,25). The Labute approximate surface area is 159 Å². The van der Waals surface area contributed by atoms with Gasteiger partial charge in [-0.1, -0.05) is 54.1 Å². The van der Waals surface area contributed by atoms with Crippen molar-refractivity contribution >= 4 is 12.1 Å². The smallest absolute Gasteiger partial charge is 0.407 e. The number of rotatable bonds is 6. The van der Waals surface area contributed by atoms with Crippen LogP contribution in [0.1, 0.15) is 30.9 Å². The first-order valence-corrected chi connectivity index (χ1v) is 8.94. The number of ether oxygens (including phenoxy) is 2. The van der Waals surface area contributed by atoms with Gasteiger partial charge in [0.2, 0.25) is 0 Å². The second-order valence-corrected chi connectivity index (χ2v) is 6.64. The van der Waals surface area contributed by atoms with Gasteiger partial charge in [-0.15, -0.1) is 0 Å². The third-order valence-electron chi connectivity index (χ3n) is 4.46. The first-order chi connectivity index (χ1) is 13.1. The van der Waals surface area contributed by atoms with E-state index in [1.54, 1.807) is 6.08 Å². The Hall–Kier alpha value is -3.08. The van der Waals surface area contributed by atoms with Crippen molar-refractivity contribution in [1.82, 2.24) is 5.32 Å². The van der Waals surface area contributed by atoms with Crippen LogP contribution in [0.25, 0.3) is 11.1 Å². The lowest BCUT2D eigenvalue weighted by molar-refractivity contribution is -0.141. The first-order valence-electron chi connectivity index (χ1n) is 8.94. The van der Waals surface area contributed by atoms with Gasteiger partial charge in [-0.25, -0.2) is 4.79 Å². The van der Waals surface area contributed by atoms with Crippen LogP contribution in [0.2, 0.25) is 0 Å². The molecule has 1 aliphatic carbocycles. The van der Waals surface area contributed by atoms with Crippen molar-refractivity contribution in [3.8, 4) is 11.1 Å². The fourth-order valence-electron chi connectivity index (χ4n) is 3.15. The normalized spacial score (nSPS) is 11.9.